The van der Waals surface area contributed by atoms with E-state index in [0.717, 1.165) is 33.5 Å². The van der Waals surface area contributed by atoms with Crippen molar-refractivity contribution in [2.75, 3.05) is 5.73 Å². The van der Waals surface area contributed by atoms with E-state index in [1.807, 2.05) is 53.2 Å². The van der Waals surface area contributed by atoms with Crippen molar-refractivity contribution in [3.05, 3.63) is 72.4 Å². The van der Waals surface area contributed by atoms with Crippen LogP contribution in [0.3, 0.4) is 0 Å². The van der Waals surface area contributed by atoms with E-state index in [4.69, 9.17) is 15.6 Å². The van der Waals surface area contributed by atoms with Gasteiger partial charge >= 0.3 is 0 Å². The topological polar surface area (TPSA) is 66.0 Å². The molecule has 5 heteroatoms. The number of benzene rings is 2. The molecule has 2 N–H and O–H groups in total. The molecular formula is C23H24N4O. The summed E-state index contributed by atoms with van der Waals surface area (Å²) in [6.07, 6.45) is 1.73. The zero-order valence-corrected chi connectivity index (χ0v) is 16.4. The molecule has 0 unspecified atom stereocenters. The van der Waals surface area contributed by atoms with Gasteiger partial charge in [-0.3, -0.25) is 4.68 Å². The fraction of sp³-hybridized carbons (Fsp3) is 0.217. The Kier molecular flexibility index (Phi) is 4.51. The molecule has 0 atom stereocenters. The van der Waals surface area contributed by atoms with Crippen LogP contribution in [0.25, 0.3) is 22.2 Å². The van der Waals surface area contributed by atoms with Crippen molar-refractivity contribution in [3.8, 4) is 17.0 Å². The van der Waals surface area contributed by atoms with Crippen molar-refractivity contribution in [3.63, 3.8) is 0 Å². The third kappa shape index (κ3) is 3.43. The molecule has 2 aromatic heterocycles. The number of ether oxygens (including phenoxy) is 1. The van der Waals surface area contributed by atoms with Crippen molar-refractivity contribution in [2.45, 2.75) is 32.9 Å². The highest BCUT2D eigenvalue weighted by Gasteiger charge is 2.22. The molecule has 28 heavy (non-hydrogen) atoms. The maximum Gasteiger partial charge on any atom is 0.135 e. The summed E-state index contributed by atoms with van der Waals surface area (Å²) < 4.78 is 8.00. The Hall–Kier alpha value is -3.34. The molecule has 2 heterocycles. The second-order valence-electron chi connectivity index (χ2n) is 7.82. The van der Waals surface area contributed by atoms with E-state index in [2.05, 4.69) is 37.9 Å². The maximum absolute atomic E-state index is 6.23. The summed E-state index contributed by atoms with van der Waals surface area (Å²) in [7, 11) is 0. The molecule has 5 nitrogen and oxygen atoms in total. The maximum atomic E-state index is 6.23. The van der Waals surface area contributed by atoms with Crippen LogP contribution in [0.15, 0.2) is 66.9 Å². The predicted octanol–water partition coefficient (Wildman–Crippen LogP) is 5.01. The van der Waals surface area contributed by atoms with Gasteiger partial charge in [-0.25, -0.2) is 4.98 Å². The minimum Gasteiger partial charge on any atom is -0.489 e. The molecule has 2 aromatic carbocycles. The molecule has 0 amide bonds. The Morgan fingerprint density at radius 1 is 1.00 bits per heavy atom. The highest BCUT2D eigenvalue weighted by Crippen LogP contribution is 2.35. The summed E-state index contributed by atoms with van der Waals surface area (Å²) in [6, 6.07) is 20.0. The van der Waals surface area contributed by atoms with Gasteiger partial charge in [0.05, 0.1) is 16.4 Å². The summed E-state index contributed by atoms with van der Waals surface area (Å²) in [6.45, 7) is 6.89. The molecular weight excluding hydrogens is 348 g/mol. The van der Waals surface area contributed by atoms with Crippen molar-refractivity contribution in [1.29, 1.82) is 0 Å². The number of hydrogen-bond acceptors (Lipinski definition) is 4. The third-order valence-corrected chi connectivity index (χ3v) is 4.61. The monoisotopic (exact) mass is 372 g/mol. The highest BCUT2D eigenvalue weighted by atomic mass is 16.5. The van der Waals surface area contributed by atoms with E-state index in [0.29, 0.717) is 12.4 Å². The van der Waals surface area contributed by atoms with Gasteiger partial charge in [0.15, 0.2) is 0 Å². The number of hydrogen-bond donors (Lipinski definition) is 1. The van der Waals surface area contributed by atoms with Gasteiger partial charge in [-0.1, -0.05) is 42.5 Å². The van der Waals surface area contributed by atoms with Crippen molar-refractivity contribution >= 4 is 16.7 Å². The number of pyridine rings is 1. The quantitative estimate of drug-likeness (QED) is 0.546. The summed E-state index contributed by atoms with van der Waals surface area (Å²) in [5.41, 5.74) is 9.94. The molecule has 0 aliphatic heterocycles. The lowest BCUT2D eigenvalue weighted by Gasteiger charge is -2.20. The van der Waals surface area contributed by atoms with Gasteiger partial charge in [0, 0.05) is 11.8 Å². The van der Waals surface area contributed by atoms with Crippen LogP contribution in [0, 0.1) is 0 Å². The van der Waals surface area contributed by atoms with Crippen molar-refractivity contribution in [1.82, 2.24) is 14.8 Å². The Morgan fingerprint density at radius 2 is 1.79 bits per heavy atom. The Bertz CT molecular complexity index is 1110. The smallest absolute Gasteiger partial charge is 0.135 e. The van der Waals surface area contributed by atoms with Crippen LogP contribution in [-0.2, 0) is 12.1 Å². The molecule has 0 spiro atoms. The van der Waals surface area contributed by atoms with E-state index in [1.54, 1.807) is 6.20 Å². The lowest BCUT2D eigenvalue weighted by molar-refractivity contribution is 0.306. The predicted molar refractivity (Wildman–Crippen MR) is 113 cm³/mol. The number of nitrogens with two attached hydrogens (primary N) is 1. The van der Waals surface area contributed by atoms with E-state index < -0.39 is 0 Å². The fourth-order valence-corrected chi connectivity index (χ4v) is 3.28. The molecule has 0 bridgehead atoms. The lowest BCUT2D eigenvalue weighted by atomic mass is 10.1. The van der Waals surface area contributed by atoms with Crippen LogP contribution < -0.4 is 10.5 Å². The Morgan fingerprint density at radius 3 is 2.54 bits per heavy atom. The van der Waals surface area contributed by atoms with Gasteiger partial charge < -0.3 is 10.5 Å². The van der Waals surface area contributed by atoms with Gasteiger partial charge in [0.2, 0.25) is 0 Å². The lowest BCUT2D eigenvalue weighted by Crippen LogP contribution is -2.22. The largest absolute Gasteiger partial charge is 0.489 e. The molecule has 142 valence electrons. The number of anilines is 1. The van der Waals surface area contributed by atoms with Crippen LogP contribution in [0.2, 0.25) is 0 Å². The first kappa shape index (κ1) is 18.0. The average Bonchev–Trinajstić information content (AvgIpc) is 3.09. The van der Waals surface area contributed by atoms with Gasteiger partial charge in [-0.05, 0) is 44.5 Å². The number of rotatable bonds is 4. The van der Waals surface area contributed by atoms with Crippen molar-refractivity contribution in [2.24, 2.45) is 0 Å². The summed E-state index contributed by atoms with van der Waals surface area (Å²) in [4.78, 5) is 4.28. The zero-order valence-electron chi connectivity index (χ0n) is 16.4. The summed E-state index contributed by atoms with van der Waals surface area (Å²) in [5, 5.41) is 5.76. The summed E-state index contributed by atoms with van der Waals surface area (Å²) >= 11 is 0. The van der Waals surface area contributed by atoms with Crippen LogP contribution in [-0.4, -0.2) is 14.8 Å². The molecule has 4 aromatic rings. The van der Waals surface area contributed by atoms with E-state index in [1.165, 1.54) is 0 Å². The van der Waals surface area contributed by atoms with Crippen LogP contribution >= 0.6 is 0 Å². The van der Waals surface area contributed by atoms with Gasteiger partial charge in [0.1, 0.15) is 23.9 Å². The zero-order chi connectivity index (χ0) is 19.7. The first-order valence-electron chi connectivity index (χ1n) is 9.34. The van der Waals surface area contributed by atoms with Crippen LogP contribution in [0.4, 0.5) is 5.82 Å². The van der Waals surface area contributed by atoms with Crippen LogP contribution in [0.1, 0.15) is 26.3 Å². The fourth-order valence-electron chi connectivity index (χ4n) is 3.28. The van der Waals surface area contributed by atoms with Crippen molar-refractivity contribution < 1.29 is 4.74 Å². The number of nitrogens with zero attached hydrogens (tertiary/aromatic N) is 3. The minimum absolute atomic E-state index is 0.175. The second kappa shape index (κ2) is 7.00. The molecule has 0 saturated heterocycles. The first-order valence-corrected chi connectivity index (χ1v) is 9.34. The average molecular weight is 372 g/mol. The molecule has 0 aliphatic carbocycles. The molecule has 0 fully saturated rings. The second-order valence-corrected chi connectivity index (χ2v) is 7.82. The first-order chi connectivity index (χ1) is 13.4. The SMILES string of the molecule is CC(C)(C)n1nc(-c2cccc(OCc3ccccc3)c2)c2c(N)nccc21. The van der Waals surface area contributed by atoms with Crippen LogP contribution in [0.5, 0.6) is 5.75 Å². The minimum atomic E-state index is -0.175. The Labute approximate surface area is 164 Å². The molecule has 4 rings (SSSR count). The number of fused-ring (bicyclic) bond motifs is 1. The third-order valence-electron chi connectivity index (χ3n) is 4.61. The highest BCUT2D eigenvalue weighted by molar-refractivity contribution is 6.00. The number of nitrogen functional groups attached to an aromatic ring is 1. The molecule has 0 aliphatic rings. The molecule has 0 saturated carbocycles. The molecule has 0 radical (unpaired) electrons. The summed E-state index contributed by atoms with van der Waals surface area (Å²) in [5.74, 6) is 1.28. The van der Waals surface area contributed by atoms with E-state index >= 15 is 0 Å². The van der Waals surface area contributed by atoms with E-state index in [-0.39, 0.29) is 5.54 Å². The normalized spacial score (nSPS) is 11.7. The van der Waals surface area contributed by atoms with Gasteiger partial charge in [-0.2, -0.15) is 5.10 Å². The standard InChI is InChI=1S/C23H24N4O/c1-23(2,3)27-19-12-13-25-22(24)20(19)21(26-27)17-10-7-11-18(14-17)28-15-16-8-5-4-6-9-16/h4-14H,15H2,1-3H3,(H2,24,25). The Balaban J connectivity index is 1.74. The number of aromatic nitrogens is 3. The van der Waals surface area contributed by atoms with Gasteiger partial charge in [0.25, 0.3) is 0 Å². The van der Waals surface area contributed by atoms with E-state index in [9.17, 15) is 0 Å². The van der Waals surface area contributed by atoms with Gasteiger partial charge in [-0.15, -0.1) is 0 Å².